The van der Waals surface area contributed by atoms with Crippen molar-refractivity contribution in [2.45, 2.75) is 12.6 Å². The van der Waals surface area contributed by atoms with Gasteiger partial charge in [0.05, 0.1) is 26.1 Å². The number of ether oxygens (including phenoxy) is 2. The fraction of sp³-hybridized carbons (Fsp3) is 0.179. The van der Waals surface area contributed by atoms with Gasteiger partial charge in [-0.2, -0.15) is 13.2 Å². The van der Waals surface area contributed by atoms with Crippen LogP contribution in [0.15, 0.2) is 67.1 Å². The third kappa shape index (κ3) is 5.62. The Morgan fingerprint density at radius 2 is 1.69 bits per heavy atom. The van der Waals surface area contributed by atoms with Crippen LogP contribution < -0.4 is 14.8 Å². The molecule has 7 nitrogen and oxygen atoms in total. The lowest BCUT2D eigenvalue weighted by molar-refractivity contribution is -0.139. The summed E-state index contributed by atoms with van der Waals surface area (Å²) in [6.07, 6.45) is 0.348. The quantitative estimate of drug-likeness (QED) is 0.219. The molecule has 0 spiro atoms. The molecule has 0 saturated carbocycles. The predicted molar refractivity (Wildman–Crippen MR) is 139 cm³/mol. The molecule has 0 amide bonds. The SMILES string of the molecule is COc1ccc(-c2cc3cc(-c4ccc(CCNc5cnc(OC)c(C(F)(F)F)c5)cc4F)cnc3[nH]2)cn1. The van der Waals surface area contributed by atoms with E-state index in [1.165, 1.54) is 12.3 Å². The molecule has 0 radical (unpaired) electrons. The summed E-state index contributed by atoms with van der Waals surface area (Å²) in [6.45, 7) is 0.282. The number of nitrogens with one attached hydrogen (secondary N) is 2. The second-order valence-corrected chi connectivity index (χ2v) is 8.70. The molecule has 0 aliphatic rings. The Morgan fingerprint density at radius 1 is 0.872 bits per heavy atom. The zero-order valence-electron chi connectivity index (χ0n) is 20.9. The van der Waals surface area contributed by atoms with Gasteiger partial charge in [-0.1, -0.05) is 12.1 Å². The molecular weight excluding hydrogens is 514 g/mol. The fourth-order valence-corrected chi connectivity index (χ4v) is 4.19. The second kappa shape index (κ2) is 10.6. The minimum Gasteiger partial charge on any atom is -0.481 e. The number of rotatable bonds is 8. The van der Waals surface area contributed by atoms with E-state index in [0.29, 0.717) is 34.6 Å². The molecule has 1 aromatic carbocycles. The van der Waals surface area contributed by atoms with E-state index in [1.807, 2.05) is 18.2 Å². The maximum atomic E-state index is 15.1. The van der Waals surface area contributed by atoms with Gasteiger partial charge in [0.1, 0.15) is 17.0 Å². The van der Waals surface area contributed by atoms with Crippen molar-refractivity contribution in [2.24, 2.45) is 0 Å². The van der Waals surface area contributed by atoms with Crippen LogP contribution in [0.5, 0.6) is 11.8 Å². The minimum atomic E-state index is -4.60. The van der Waals surface area contributed by atoms with Gasteiger partial charge in [0.2, 0.25) is 11.8 Å². The molecule has 0 aliphatic heterocycles. The van der Waals surface area contributed by atoms with Crippen LogP contribution in [0.4, 0.5) is 23.2 Å². The summed E-state index contributed by atoms with van der Waals surface area (Å²) >= 11 is 0. The summed E-state index contributed by atoms with van der Waals surface area (Å²) in [5, 5.41) is 3.72. The van der Waals surface area contributed by atoms with Crippen molar-refractivity contribution in [2.75, 3.05) is 26.1 Å². The molecule has 5 rings (SSSR count). The van der Waals surface area contributed by atoms with E-state index in [9.17, 15) is 13.2 Å². The number of pyridine rings is 3. The highest BCUT2D eigenvalue weighted by molar-refractivity contribution is 5.86. The minimum absolute atomic E-state index is 0.191. The second-order valence-electron chi connectivity index (χ2n) is 8.70. The van der Waals surface area contributed by atoms with Gasteiger partial charge in [-0.05, 0) is 42.3 Å². The zero-order valence-corrected chi connectivity index (χ0v) is 20.9. The van der Waals surface area contributed by atoms with E-state index in [4.69, 9.17) is 9.47 Å². The van der Waals surface area contributed by atoms with Gasteiger partial charge in [-0.3, -0.25) is 0 Å². The number of H-pyrrole nitrogens is 1. The molecule has 5 aromatic rings. The van der Waals surface area contributed by atoms with Gasteiger partial charge in [-0.15, -0.1) is 0 Å². The van der Waals surface area contributed by atoms with Crippen molar-refractivity contribution in [3.63, 3.8) is 0 Å². The van der Waals surface area contributed by atoms with Crippen molar-refractivity contribution < 1.29 is 27.0 Å². The highest BCUT2D eigenvalue weighted by Crippen LogP contribution is 2.36. The monoisotopic (exact) mass is 537 g/mol. The lowest BCUT2D eigenvalue weighted by atomic mass is 10.0. The Balaban J connectivity index is 1.28. The molecule has 0 saturated heterocycles. The van der Waals surface area contributed by atoms with Gasteiger partial charge in [0.15, 0.2) is 0 Å². The van der Waals surface area contributed by atoms with Gasteiger partial charge in [0, 0.05) is 52.8 Å². The maximum Gasteiger partial charge on any atom is 0.421 e. The molecule has 200 valence electrons. The number of aromatic nitrogens is 4. The number of anilines is 1. The van der Waals surface area contributed by atoms with Crippen LogP contribution in [0.25, 0.3) is 33.4 Å². The van der Waals surface area contributed by atoms with E-state index in [2.05, 4.69) is 25.3 Å². The van der Waals surface area contributed by atoms with E-state index < -0.39 is 23.4 Å². The number of methoxy groups -OCH3 is 2. The van der Waals surface area contributed by atoms with Crippen LogP contribution in [-0.2, 0) is 12.6 Å². The Labute approximate surface area is 220 Å². The van der Waals surface area contributed by atoms with Crippen molar-refractivity contribution >= 4 is 16.7 Å². The smallest absolute Gasteiger partial charge is 0.421 e. The lowest BCUT2D eigenvalue weighted by Gasteiger charge is -2.13. The van der Waals surface area contributed by atoms with E-state index in [1.54, 1.807) is 37.7 Å². The Kier molecular flexibility index (Phi) is 7.05. The number of nitrogens with zero attached hydrogens (tertiary/aromatic N) is 3. The van der Waals surface area contributed by atoms with Crippen LogP contribution >= 0.6 is 0 Å². The molecule has 4 aromatic heterocycles. The highest BCUT2D eigenvalue weighted by atomic mass is 19.4. The molecule has 0 unspecified atom stereocenters. The van der Waals surface area contributed by atoms with E-state index in [-0.39, 0.29) is 12.2 Å². The summed E-state index contributed by atoms with van der Waals surface area (Å²) in [5.74, 6) is -0.403. The molecule has 2 N–H and O–H groups in total. The maximum absolute atomic E-state index is 15.1. The highest BCUT2D eigenvalue weighted by Gasteiger charge is 2.35. The first-order valence-electron chi connectivity index (χ1n) is 11.9. The van der Waals surface area contributed by atoms with Crippen LogP contribution in [0.2, 0.25) is 0 Å². The first-order chi connectivity index (χ1) is 18.7. The predicted octanol–water partition coefficient (Wildman–Crippen LogP) is 6.52. The number of aromatic amines is 1. The third-order valence-corrected chi connectivity index (χ3v) is 6.16. The number of hydrogen-bond donors (Lipinski definition) is 2. The lowest BCUT2D eigenvalue weighted by Crippen LogP contribution is -2.11. The molecule has 0 bridgehead atoms. The molecule has 39 heavy (non-hydrogen) atoms. The van der Waals surface area contributed by atoms with Crippen molar-refractivity contribution in [1.29, 1.82) is 0 Å². The van der Waals surface area contributed by atoms with Crippen molar-refractivity contribution in [3.05, 3.63) is 84.1 Å². The number of benzene rings is 1. The average molecular weight is 538 g/mol. The largest absolute Gasteiger partial charge is 0.481 e. The topological polar surface area (TPSA) is 85.0 Å². The molecule has 0 aliphatic carbocycles. The summed E-state index contributed by atoms with van der Waals surface area (Å²) in [7, 11) is 2.68. The van der Waals surface area contributed by atoms with Crippen LogP contribution in [0, 0.1) is 5.82 Å². The molecular formula is C28H23F4N5O2. The van der Waals surface area contributed by atoms with Gasteiger partial charge in [0.25, 0.3) is 0 Å². The van der Waals surface area contributed by atoms with Crippen molar-refractivity contribution in [1.82, 2.24) is 19.9 Å². The summed E-state index contributed by atoms with van der Waals surface area (Å²) in [4.78, 5) is 15.6. The van der Waals surface area contributed by atoms with E-state index >= 15 is 4.39 Å². The molecule has 0 atom stereocenters. The number of fused-ring (bicyclic) bond motifs is 1. The first kappa shape index (κ1) is 26.0. The number of alkyl halides is 3. The summed E-state index contributed by atoms with van der Waals surface area (Å²) in [5.41, 5.74) is 3.26. The Morgan fingerprint density at radius 3 is 2.38 bits per heavy atom. The zero-order chi connectivity index (χ0) is 27.6. The third-order valence-electron chi connectivity index (χ3n) is 6.16. The van der Waals surface area contributed by atoms with Gasteiger partial charge >= 0.3 is 6.18 Å². The average Bonchev–Trinajstić information content (AvgIpc) is 3.36. The van der Waals surface area contributed by atoms with Gasteiger partial charge in [-0.25, -0.2) is 19.3 Å². The standard InChI is InChI=1S/C28H23F4N5O2/c1-38-25-6-4-17(13-34-25)24-11-18-10-19(14-35-26(18)37-24)21-5-3-16(9-23(21)29)7-8-33-20-12-22(28(30,31)32)27(39-2)36-15-20/h3-6,9-15,33H,7-8H2,1-2H3,(H,35,37). The van der Waals surface area contributed by atoms with Crippen LogP contribution in [0.3, 0.4) is 0 Å². The number of halogens is 4. The Bertz CT molecular complexity index is 1620. The fourth-order valence-electron chi connectivity index (χ4n) is 4.19. The Hall–Kier alpha value is -4.67. The normalized spacial score (nSPS) is 11.5. The molecule has 11 heteroatoms. The van der Waals surface area contributed by atoms with E-state index in [0.717, 1.165) is 29.8 Å². The summed E-state index contributed by atoms with van der Waals surface area (Å²) < 4.78 is 64.5. The van der Waals surface area contributed by atoms with Crippen LogP contribution in [0.1, 0.15) is 11.1 Å². The van der Waals surface area contributed by atoms with Gasteiger partial charge < -0.3 is 19.8 Å². The summed E-state index contributed by atoms with van der Waals surface area (Å²) in [6, 6.07) is 13.2. The molecule has 4 heterocycles. The number of hydrogen-bond acceptors (Lipinski definition) is 6. The van der Waals surface area contributed by atoms with Crippen LogP contribution in [-0.4, -0.2) is 40.7 Å². The van der Waals surface area contributed by atoms with Crippen molar-refractivity contribution in [3.8, 4) is 34.1 Å². The first-order valence-corrected chi connectivity index (χ1v) is 11.9. The molecule has 0 fully saturated rings.